The van der Waals surface area contributed by atoms with Crippen molar-refractivity contribution in [3.8, 4) is 5.69 Å². The van der Waals surface area contributed by atoms with Gasteiger partial charge in [0.25, 0.3) is 0 Å². The van der Waals surface area contributed by atoms with Gasteiger partial charge in [0.15, 0.2) is 15.8 Å². The van der Waals surface area contributed by atoms with E-state index >= 15 is 0 Å². The summed E-state index contributed by atoms with van der Waals surface area (Å²) in [6.45, 7) is 12.6. The van der Waals surface area contributed by atoms with Crippen LogP contribution in [0.3, 0.4) is 0 Å². The SMILES string of the molecule is CCNC(=NCc1ccccc1-n1nc(C)cc1C)NCCS(=O)(=O)C(C)(C)C.I. The lowest BCUT2D eigenvalue weighted by molar-refractivity contribution is 0.559. The summed E-state index contributed by atoms with van der Waals surface area (Å²) in [5, 5.41) is 10.9. The van der Waals surface area contributed by atoms with Crippen molar-refractivity contribution in [2.45, 2.75) is 52.8 Å². The van der Waals surface area contributed by atoms with Gasteiger partial charge >= 0.3 is 0 Å². The highest BCUT2D eigenvalue weighted by Gasteiger charge is 2.28. The molecule has 7 nitrogen and oxygen atoms in total. The van der Waals surface area contributed by atoms with Crippen LogP contribution in [0.2, 0.25) is 0 Å². The first kappa shape index (κ1) is 26.4. The molecular formula is C21H34IN5O2S. The maximum Gasteiger partial charge on any atom is 0.191 e. The van der Waals surface area contributed by atoms with E-state index in [0.717, 1.165) is 22.6 Å². The van der Waals surface area contributed by atoms with Crippen LogP contribution in [0, 0.1) is 13.8 Å². The number of hydrogen-bond acceptors (Lipinski definition) is 4. The Bertz CT molecular complexity index is 962. The van der Waals surface area contributed by atoms with E-state index in [1.54, 1.807) is 20.8 Å². The summed E-state index contributed by atoms with van der Waals surface area (Å²) in [6, 6.07) is 10.1. The number of aryl methyl sites for hydroxylation is 2. The topological polar surface area (TPSA) is 88.4 Å². The zero-order valence-corrected chi connectivity index (χ0v) is 21.8. The van der Waals surface area contributed by atoms with E-state index in [1.165, 1.54) is 0 Å². The van der Waals surface area contributed by atoms with Gasteiger partial charge < -0.3 is 10.6 Å². The summed E-state index contributed by atoms with van der Waals surface area (Å²) in [6.07, 6.45) is 0. The lowest BCUT2D eigenvalue weighted by Gasteiger charge is -2.20. The quantitative estimate of drug-likeness (QED) is 0.315. The van der Waals surface area contributed by atoms with E-state index in [-0.39, 0.29) is 29.7 Å². The van der Waals surface area contributed by atoms with Crippen LogP contribution in [0.5, 0.6) is 0 Å². The van der Waals surface area contributed by atoms with E-state index in [4.69, 9.17) is 0 Å². The molecule has 0 aliphatic carbocycles. The largest absolute Gasteiger partial charge is 0.357 e. The minimum absolute atomic E-state index is 0. The number of nitrogens with one attached hydrogen (secondary N) is 2. The van der Waals surface area contributed by atoms with E-state index in [0.29, 0.717) is 25.6 Å². The van der Waals surface area contributed by atoms with Crippen molar-refractivity contribution in [1.82, 2.24) is 20.4 Å². The first-order valence-corrected chi connectivity index (χ1v) is 11.6. The van der Waals surface area contributed by atoms with Crippen LogP contribution in [-0.2, 0) is 16.4 Å². The summed E-state index contributed by atoms with van der Waals surface area (Å²) in [5.41, 5.74) is 4.07. The molecule has 168 valence electrons. The van der Waals surface area contributed by atoms with Gasteiger partial charge in [-0.1, -0.05) is 18.2 Å². The van der Waals surface area contributed by atoms with Crippen molar-refractivity contribution in [2.24, 2.45) is 4.99 Å². The third-order valence-electron chi connectivity index (χ3n) is 4.58. The molecule has 0 radical (unpaired) electrons. The molecule has 2 rings (SSSR count). The molecule has 0 atom stereocenters. The maximum atomic E-state index is 12.3. The van der Waals surface area contributed by atoms with Gasteiger partial charge in [-0.05, 0) is 59.2 Å². The molecule has 9 heteroatoms. The van der Waals surface area contributed by atoms with Gasteiger partial charge in [0.05, 0.1) is 28.4 Å². The van der Waals surface area contributed by atoms with Crippen LogP contribution in [-0.4, -0.2) is 47.7 Å². The highest BCUT2D eigenvalue weighted by atomic mass is 127. The first-order chi connectivity index (χ1) is 13.5. The van der Waals surface area contributed by atoms with Gasteiger partial charge in [-0.2, -0.15) is 5.10 Å². The van der Waals surface area contributed by atoms with E-state index < -0.39 is 14.6 Å². The molecule has 0 saturated carbocycles. The molecule has 1 heterocycles. The maximum absolute atomic E-state index is 12.3. The van der Waals surface area contributed by atoms with Gasteiger partial charge in [-0.25, -0.2) is 18.1 Å². The van der Waals surface area contributed by atoms with E-state index in [9.17, 15) is 8.42 Å². The molecule has 0 fully saturated rings. The Labute approximate surface area is 197 Å². The van der Waals surface area contributed by atoms with Gasteiger partial charge in [-0.15, -0.1) is 24.0 Å². The van der Waals surface area contributed by atoms with Gasteiger partial charge in [0.1, 0.15) is 0 Å². The molecule has 0 amide bonds. The Morgan fingerprint density at radius 1 is 1.17 bits per heavy atom. The number of guanidine groups is 1. The summed E-state index contributed by atoms with van der Waals surface area (Å²) in [5.74, 6) is 0.656. The average molecular weight is 548 g/mol. The molecule has 0 aliphatic rings. The first-order valence-electron chi connectivity index (χ1n) is 9.91. The van der Waals surface area contributed by atoms with Crippen LogP contribution < -0.4 is 10.6 Å². The molecule has 1 aromatic carbocycles. The van der Waals surface area contributed by atoms with Crippen LogP contribution >= 0.6 is 24.0 Å². The molecule has 2 aromatic rings. The number of aliphatic imine (C=N–C) groups is 1. The van der Waals surface area contributed by atoms with Gasteiger partial charge in [-0.3, -0.25) is 0 Å². The smallest absolute Gasteiger partial charge is 0.191 e. The summed E-state index contributed by atoms with van der Waals surface area (Å²) in [7, 11) is -3.18. The molecule has 0 saturated heterocycles. The fraction of sp³-hybridized carbons (Fsp3) is 0.524. The number of hydrogen-bond donors (Lipinski definition) is 2. The number of halogens is 1. The normalized spacial score (nSPS) is 12.4. The van der Waals surface area contributed by atoms with E-state index in [2.05, 4.69) is 20.7 Å². The van der Waals surface area contributed by atoms with Crippen LogP contribution in [0.1, 0.15) is 44.6 Å². The third kappa shape index (κ3) is 6.97. The summed E-state index contributed by atoms with van der Waals surface area (Å²) >= 11 is 0. The molecule has 30 heavy (non-hydrogen) atoms. The van der Waals surface area contributed by atoms with Crippen LogP contribution in [0.4, 0.5) is 0 Å². The Balaban J connectivity index is 0.00000450. The Morgan fingerprint density at radius 3 is 2.40 bits per heavy atom. The fourth-order valence-electron chi connectivity index (χ4n) is 2.84. The Morgan fingerprint density at radius 2 is 1.83 bits per heavy atom. The second-order valence-electron chi connectivity index (χ2n) is 8.02. The second kappa shape index (κ2) is 11.1. The van der Waals surface area contributed by atoms with Crippen molar-refractivity contribution < 1.29 is 8.42 Å². The van der Waals surface area contributed by atoms with Crippen molar-refractivity contribution in [2.75, 3.05) is 18.8 Å². The number of sulfone groups is 1. The Hall–Kier alpha value is -1.62. The van der Waals surface area contributed by atoms with E-state index in [1.807, 2.05) is 55.8 Å². The lowest BCUT2D eigenvalue weighted by Crippen LogP contribution is -2.41. The minimum atomic E-state index is -3.18. The van der Waals surface area contributed by atoms with Crippen molar-refractivity contribution in [3.05, 3.63) is 47.3 Å². The van der Waals surface area contributed by atoms with Crippen LogP contribution in [0.15, 0.2) is 35.3 Å². The number of rotatable bonds is 7. The standard InChI is InChI=1S/C21H33N5O2S.HI/c1-7-22-20(23-12-13-29(27,28)21(4,5)6)24-15-18-10-8-9-11-19(18)26-17(3)14-16(2)25-26;/h8-11,14H,7,12-13,15H2,1-6H3,(H2,22,23,24);1H. The molecule has 0 spiro atoms. The Kier molecular flexibility index (Phi) is 9.80. The molecule has 0 aliphatic heterocycles. The predicted octanol–water partition coefficient (Wildman–Crippen LogP) is 3.38. The lowest BCUT2D eigenvalue weighted by atomic mass is 10.2. The fourth-order valence-corrected chi connectivity index (χ4v) is 3.82. The molecule has 0 bridgehead atoms. The van der Waals surface area contributed by atoms with Crippen molar-refractivity contribution in [3.63, 3.8) is 0 Å². The average Bonchev–Trinajstić information content (AvgIpc) is 2.97. The molecular weight excluding hydrogens is 513 g/mol. The van der Waals surface area contributed by atoms with Crippen molar-refractivity contribution >= 4 is 39.8 Å². The number of para-hydroxylation sites is 1. The monoisotopic (exact) mass is 547 g/mol. The third-order valence-corrected chi connectivity index (χ3v) is 7.18. The molecule has 2 N–H and O–H groups in total. The second-order valence-corrected chi connectivity index (χ2v) is 10.9. The number of nitrogens with zero attached hydrogens (tertiary/aromatic N) is 3. The number of aromatic nitrogens is 2. The highest BCUT2D eigenvalue weighted by Crippen LogP contribution is 2.18. The molecule has 1 aromatic heterocycles. The van der Waals surface area contributed by atoms with Crippen LogP contribution in [0.25, 0.3) is 5.69 Å². The summed E-state index contributed by atoms with van der Waals surface area (Å²) in [4.78, 5) is 4.65. The summed E-state index contributed by atoms with van der Waals surface area (Å²) < 4.78 is 25.8. The molecule has 0 unspecified atom stereocenters. The van der Waals surface area contributed by atoms with Gasteiger partial charge in [0.2, 0.25) is 0 Å². The van der Waals surface area contributed by atoms with Crippen molar-refractivity contribution in [1.29, 1.82) is 0 Å². The number of benzene rings is 1. The predicted molar refractivity (Wildman–Crippen MR) is 135 cm³/mol. The highest BCUT2D eigenvalue weighted by molar-refractivity contribution is 14.0. The zero-order chi connectivity index (χ0) is 21.7. The van der Waals surface area contributed by atoms with Gasteiger partial charge in [0, 0.05) is 18.8 Å². The minimum Gasteiger partial charge on any atom is -0.357 e. The zero-order valence-electron chi connectivity index (χ0n) is 18.7.